The van der Waals surface area contributed by atoms with Crippen LogP contribution in [0.1, 0.15) is 17.2 Å². The van der Waals surface area contributed by atoms with E-state index in [4.69, 9.17) is 14.2 Å². The summed E-state index contributed by atoms with van der Waals surface area (Å²) in [4.78, 5) is 0. The number of ether oxygens (including phenoxy) is 3. The predicted molar refractivity (Wildman–Crippen MR) is 55.8 cm³/mol. The minimum absolute atomic E-state index is 0.206. The Morgan fingerprint density at radius 1 is 1.50 bits per heavy atom. The zero-order chi connectivity index (χ0) is 11.1. The van der Waals surface area contributed by atoms with Gasteiger partial charge in [-0.3, -0.25) is 0 Å². The molecule has 1 atom stereocenters. The average molecular weight is 223 g/mol. The van der Waals surface area contributed by atoms with Gasteiger partial charge in [0.1, 0.15) is 0 Å². The van der Waals surface area contributed by atoms with Crippen molar-refractivity contribution in [3.63, 3.8) is 0 Å². The zero-order valence-electron chi connectivity index (χ0n) is 8.95. The molecule has 0 fully saturated rings. The molecule has 2 heterocycles. The zero-order valence-corrected chi connectivity index (χ0v) is 8.95. The van der Waals surface area contributed by atoms with Crippen LogP contribution < -0.4 is 19.5 Å². The number of aliphatic hydroxyl groups is 1. The van der Waals surface area contributed by atoms with E-state index >= 15 is 0 Å². The molecule has 0 spiro atoms. The summed E-state index contributed by atoms with van der Waals surface area (Å²) in [5.41, 5.74) is 1.81. The quantitative estimate of drug-likeness (QED) is 0.728. The molecule has 0 bridgehead atoms. The highest BCUT2D eigenvalue weighted by atomic mass is 16.7. The first kappa shape index (κ1) is 9.74. The Morgan fingerprint density at radius 3 is 3.19 bits per heavy atom. The van der Waals surface area contributed by atoms with Crippen LogP contribution in [0.25, 0.3) is 0 Å². The molecule has 86 valence electrons. The van der Waals surface area contributed by atoms with Gasteiger partial charge in [-0.1, -0.05) is 0 Å². The van der Waals surface area contributed by atoms with Crippen LogP contribution in [0.4, 0.5) is 0 Å². The van der Waals surface area contributed by atoms with E-state index in [2.05, 4.69) is 5.32 Å². The van der Waals surface area contributed by atoms with E-state index in [1.165, 1.54) is 0 Å². The SMILES string of the molecule is COc1c2c(cc3c1OCO3)[C@H](O)CNC2. The lowest BCUT2D eigenvalue weighted by Crippen LogP contribution is -2.28. The topological polar surface area (TPSA) is 60.0 Å². The van der Waals surface area contributed by atoms with Crippen LogP contribution in [0.5, 0.6) is 17.2 Å². The van der Waals surface area contributed by atoms with Crippen molar-refractivity contribution in [3.05, 3.63) is 17.2 Å². The Bertz CT molecular complexity index is 432. The molecule has 0 unspecified atom stereocenters. The Kier molecular flexibility index (Phi) is 2.15. The van der Waals surface area contributed by atoms with Gasteiger partial charge < -0.3 is 24.6 Å². The highest BCUT2D eigenvalue weighted by Crippen LogP contribution is 2.46. The van der Waals surface area contributed by atoms with E-state index in [0.29, 0.717) is 30.3 Å². The number of rotatable bonds is 1. The third-order valence-corrected chi connectivity index (χ3v) is 2.96. The van der Waals surface area contributed by atoms with Crippen LogP contribution in [-0.4, -0.2) is 25.6 Å². The summed E-state index contributed by atoms with van der Waals surface area (Å²) in [6, 6.07) is 1.84. The molecule has 2 aliphatic rings. The number of nitrogens with one attached hydrogen (secondary N) is 1. The molecule has 0 aliphatic carbocycles. The first-order chi connectivity index (χ1) is 7.81. The summed E-state index contributed by atoms with van der Waals surface area (Å²) in [5.74, 6) is 1.95. The molecule has 3 rings (SSSR count). The third-order valence-electron chi connectivity index (χ3n) is 2.96. The van der Waals surface area contributed by atoms with Crippen LogP contribution in [-0.2, 0) is 6.54 Å². The van der Waals surface area contributed by atoms with Gasteiger partial charge in [0.25, 0.3) is 0 Å². The fourth-order valence-corrected chi connectivity index (χ4v) is 2.21. The number of hydrogen-bond donors (Lipinski definition) is 2. The second-order valence-electron chi connectivity index (χ2n) is 3.86. The molecule has 0 amide bonds. The maximum atomic E-state index is 9.90. The Balaban J connectivity index is 2.21. The minimum Gasteiger partial charge on any atom is -0.492 e. The van der Waals surface area contributed by atoms with Crippen molar-refractivity contribution >= 4 is 0 Å². The first-order valence-electron chi connectivity index (χ1n) is 5.19. The molecule has 0 aromatic heterocycles. The van der Waals surface area contributed by atoms with Crippen molar-refractivity contribution in [1.29, 1.82) is 0 Å². The maximum absolute atomic E-state index is 9.90. The number of fused-ring (bicyclic) bond motifs is 2. The predicted octanol–water partition coefficient (Wildman–Crippen LogP) is 0.560. The summed E-state index contributed by atoms with van der Waals surface area (Å²) in [5, 5.41) is 13.0. The summed E-state index contributed by atoms with van der Waals surface area (Å²) >= 11 is 0. The molecule has 0 saturated carbocycles. The van der Waals surface area contributed by atoms with Crippen molar-refractivity contribution in [2.75, 3.05) is 20.4 Å². The smallest absolute Gasteiger partial charge is 0.231 e. The molecule has 0 saturated heterocycles. The van der Waals surface area contributed by atoms with Gasteiger partial charge in [0.05, 0.1) is 13.2 Å². The summed E-state index contributed by atoms with van der Waals surface area (Å²) in [6.45, 7) is 1.43. The number of hydrogen-bond acceptors (Lipinski definition) is 5. The number of benzene rings is 1. The second-order valence-corrected chi connectivity index (χ2v) is 3.86. The highest BCUT2D eigenvalue weighted by Gasteiger charge is 2.29. The molecule has 5 nitrogen and oxygen atoms in total. The van der Waals surface area contributed by atoms with Gasteiger partial charge >= 0.3 is 0 Å². The van der Waals surface area contributed by atoms with E-state index in [9.17, 15) is 5.11 Å². The van der Waals surface area contributed by atoms with Gasteiger partial charge in [-0.05, 0) is 11.6 Å². The largest absolute Gasteiger partial charge is 0.492 e. The van der Waals surface area contributed by atoms with E-state index in [0.717, 1.165) is 11.1 Å². The number of aliphatic hydroxyl groups excluding tert-OH is 1. The molecular weight excluding hydrogens is 210 g/mol. The Morgan fingerprint density at radius 2 is 2.38 bits per heavy atom. The number of β-amino-alcohol motifs (C(OH)–C–C–N with tert-alkyl or cyclic N) is 1. The van der Waals surface area contributed by atoms with Gasteiger partial charge in [-0.2, -0.15) is 0 Å². The minimum atomic E-state index is -0.521. The van der Waals surface area contributed by atoms with Crippen molar-refractivity contribution in [2.45, 2.75) is 12.6 Å². The van der Waals surface area contributed by atoms with Gasteiger partial charge in [0.15, 0.2) is 11.5 Å². The van der Waals surface area contributed by atoms with Crippen LogP contribution in [0.2, 0.25) is 0 Å². The molecule has 1 aromatic carbocycles. The standard InChI is InChI=1S/C11H13NO4/c1-14-10-7-3-12-4-8(13)6(7)2-9-11(10)16-5-15-9/h2,8,12-13H,3-5H2,1H3/t8-/m1/s1. The monoisotopic (exact) mass is 223 g/mol. The molecule has 2 aliphatic heterocycles. The van der Waals surface area contributed by atoms with Crippen molar-refractivity contribution in [2.24, 2.45) is 0 Å². The molecule has 0 radical (unpaired) electrons. The molecule has 16 heavy (non-hydrogen) atoms. The summed E-state index contributed by atoms with van der Waals surface area (Å²) in [6.07, 6.45) is -0.521. The normalized spacial score (nSPS) is 21.8. The second kappa shape index (κ2) is 3.54. The third kappa shape index (κ3) is 1.25. The molecule has 1 aromatic rings. The van der Waals surface area contributed by atoms with E-state index in [1.807, 2.05) is 6.07 Å². The van der Waals surface area contributed by atoms with Gasteiger partial charge in [-0.15, -0.1) is 0 Å². The van der Waals surface area contributed by atoms with Gasteiger partial charge in [-0.25, -0.2) is 0 Å². The number of methoxy groups -OCH3 is 1. The van der Waals surface area contributed by atoms with Crippen molar-refractivity contribution < 1.29 is 19.3 Å². The van der Waals surface area contributed by atoms with Crippen LogP contribution in [0, 0.1) is 0 Å². The van der Waals surface area contributed by atoms with E-state index in [1.54, 1.807) is 7.11 Å². The van der Waals surface area contributed by atoms with Gasteiger partial charge in [0.2, 0.25) is 12.5 Å². The van der Waals surface area contributed by atoms with E-state index in [-0.39, 0.29) is 6.79 Å². The lowest BCUT2D eigenvalue weighted by molar-refractivity contribution is 0.163. The summed E-state index contributed by atoms with van der Waals surface area (Å²) in [7, 11) is 1.60. The van der Waals surface area contributed by atoms with Crippen molar-refractivity contribution in [3.8, 4) is 17.2 Å². The maximum Gasteiger partial charge on any atom is 0.231 e. The molecule has 2 N–H and O–H groups in total. The lowest BCUT2D eigenvalue weighted by atomic mass is 9.97. The molecule has 5 heteroatoms. The van der Waals surface area contributed by atoms with Crippen molar-refractivity contribution in [1.82, 2.24) is 5.32 Å². The highest BCUT2D eigenvalue weighted by molar-refractivity contribution is 5.61. The van der Waals surface area contributed by atoms with Crippen LogP contribution in [0.15, 0.2) is 6.07 Å². The summed E-state index contributed by atoms with van der Waals surface area (Å²) < 4.78 is 16.0. The van der Waals surface area contributed by atoms with Gasteiger partial charge in [0, 0.05) is 18.7 Å². The Hall–Kier alpha value is -1.46. The molecular formula is C11H13NO4. The van der Waals surface area contributed by atoms with Crippen LogP contribution in [0.3, 0.4) is 0 Å². The van der Waals surface area contributed by atoms with E-state index < -0.39 is 6.10 Å². The fraction of sp³-hybridized carbons (Fsp3) is 0.455. The lowest BCUT2D eigenvalue weighted by Gasteiger charge is -2.24. The van der Waals surface area contributed by atoms with Crippen LogP contribution >= 0.6 is 0 Å². The Labute approximate surface area is 92.9 Å². The average Bonchev–Trinajstić information content (AvgIpc) is 2.75. The first-order valence-corrected chi connectivity index (χ1v) is 5.19. The fourth-order valence-electron chi connectivity index (χ4n) is 2.21.